The first-order chi connectivity index (χ1) is 13.4. The number of likely N-dealkylation sites (N-methyl/N-ethyl adjacent to an activating group) is 1. The lowest BCUT2D eigenvalue weighted by atomic mass is 10.4. The van der Waals surface area contributed by atoms with Crippen molar-refractivity contribution in [2.24, 2.45) is 4.99 Å². The zero-order valence-electron chi connectivity index (χ0n) is 16.9. The molecule has 3 N–H and O–H groups in total. The van der Waals surface area contributed by atoms with Gasteiger partial charge in [-0.25, -0.2) is 13.1 Å². The SMILES string of the molecule is CCNC(=NCCNS(=O)(=O)c1cccc(Cl)c1)NCCN(C)CCCOC. The molecule has 0 amide bonds. The van der Waals surface area contributed by atoms with E-state index in [0.29, 0.717) is 17.5 Å². The first-order valence-electron chi connectivity index (χ1n) is 9.34. The van der Waals surface area contributed by atoms with E-state index < -0.39 is 10.0 Å². The summed E-state index contributed by atoms with van der Waals surface area (Å²) in [5.41, 5.74) is 0. The van der Waals surface area contributed by atoms with Crippen LogP contribution < -0.4 is 15.4 Å². The Balaban J connectivity index is 2.41. The molecule has 0 aliphatic rings. The molecule has 28 heavy (non-hydrogen) atoms. The summed E-state index contributed by atoms with van der Waals surface area (Å²) >= 11 is 5.85. The Kier molecular flexibility index (Phi) is 12.1. The molecular weight excluding hydrogens is 402 g/mol. The highest BCUT2D eigenvalue weighted by molar-refractivity contribution is 7.89. The molecule has 1 aromatic rings. The van der Waals surface area contributed by atoms with Crippen LogP contribution in [-0.4, -0.2) is 79.3 Å². The Hall–Kier alpha value is -1.39. The monoisotopic (exact) mass is 433 g/mol. The van der Waals surface area contributed by atoms with Gasteiger partial charge in [0, 0.05) is 51.5 Å². The molecule has 0 aliphatic carbocycles. The lowest BCUT2D eigenvalue weighted by molar-refractivity contribution is 0.180. The Labute approximate surface area is 173 Å². The largest absolute Gasteiger partial charge is 0.385 e. The highest BCUT2D eigenvalue weighted by Crippen LogP contribution is 2.14. The van der Waals surface area contributed by atoms with Crippen LogP contribution in [0.1, 0.15) is 13.3 Å². The third kappa shape index (κ3) is 10.2. The van der Waals surface area contributed by atoms with Crippen LogP contribution in [0.4, 0.5) is 0 Å². The molecule has 10 heteroatoms. The maximum Gasteiger partial charge on any atom is 0.240 e. The van der Waals surface area contributed by atoms with Gasteiger partial charge in [0.2, 0.25) is 10.0 Å². The van der Waals surface area contributed by atoms with Crippen LogP contribution in [0.3, 0.4) is 0 Å². The van der Waals surface area contributed by atoms with Crippen LogP contribution in [0.25, 0.3) is 0 Å². The van der Waals surface area contributed by atoms with Crippen molar-refractivity contribution in [3.63, 3.8) is 0 Å². The molecule has 1 rings (SSSR count). The van der Waals surface area contributed by atoms with Crippen LogP contribution in [0.5, 0.6) is 0 Å². The molecule has 8 nitrogen and oxygen atoms in total. The van der Waals surface area contributed by atoms with Gasteiger partial charge in [-0.05, 0) is 38.6 Å². The Bertz CT molecular complexity index is 700. The normalized spacial score (nSPS) is 12.4. The molecule has 0 fully saturated rings. The van der Waals surface area contributed by atoms with Gasteiger partial charge in [0.25, 0.3) is 0 Å². The first-order valence-corrected chi connectivity index (χ1v) is 11.2. The second-order valence-corrected chi connectivity index (χ2v) is 8.40. The van der Waals surface area contributed by atoms with Gasteiger partial charge in [-0.15, -0.1) is 0 Å². The lowest BCUT2D eigenvalue weighted by Crippen LogP contribution is -2.41. The highest BCUT2D eigenvalue weighted by atomic mass is 35.5. The van der Waals surface area contributed by atoms with Crippen LogP contribution >= 0.6 is 11.6 Å². The van der Waals surface area contributed by atoms with E-state index in [2.05, 4.69) is 32.3 Å². The van der Waals surface area contributed by atoms with E-state index in [9.17, 15) is 8.42 Å². The maximum absolute atomic E-state index is 12.2. The zero-order chi connectivity index (χ0) is 20.8. The van der Waals surface area contributed by atoms with E-state index in [1.165, 1.54) is 12.1 Å². The van der Waals surface area contributed by atoms with E-state index in [1.807, 2.05) is 6.92 Å². The summed E-state index contributed by atoms with van der Waals surface area (Å²) in [4.78, 5) is 6.76. The van der Waals surface area contributed by atoms with Crippen molar-refractivity contribution >= 4 is 27.6 Å². The second-order valence-electron chi connectivity index (χ2n) is 6.19. The fourth-order valence-corrected chi connectivity index (χ4v) is 3.68. The molecule has 0 spiro atoms. The van der Waals surface area contributed by atoms with Crippen molar-refractivity contribution in [3.05, 3.63) is 29.3 Å². The molecule has 0 aromatic heterocycles. The lowest BCUT2D eigenvalue weighted by Gasteiger charge is -2.18. The summed E-state index contributed by atoms with van der Waals surface area (Å²) in [5.74, 6) is 0.662. The number of aliphatic imine (C=N–C) groups is 1. The van der Waals surface area contributed by atoms with Crippen LogP contribution in [0.15, 0.2) is 34.2 Å². The number of ether oxygens (including phenoxy) is 1. The summed E-state index contributed by atoms with van der Waals surface area (Å²) in [6.07, 6.45) is 0.994. The molecular formula is C18H32ClN5O3S. The average molecular weight is 434 g/mol. The van der Waals surface area contributed by atoms with Gasteiger partial charge in [0.15, 0.2) is 5.96 Å². The summed E-state index contributed by atoms with van der Waals surface area (Å²) in [6.45, 7) is 6.56. The fourth-order valence-electron chi connectivity index (χ4n) is 2.36. The Morgan fingerprint density at radius 1 is 1.25 bits per heavy atom. The minimum atomic E-state index is -3.59. The number of benzene rings is 1. The second kappa shape index (κ2) is 13.7. The number of nitrogens with zero attached hydrogens (tertiary/aromatic N) is 2. The molecule has 0 unspecified atom stereocenters. The number of rotatable bonds is 13. The predicted molar refractivity (Wildman–Crippen MR) is 115 cm³/mol. The summed E-state index contributed by atoms with van der Waals surface area (Å²) in [6, 6.07) is 6.16. The van der Waals surface area contributed by atoms with E-state index in [4.69, 9.17) is 16.3 Å². The summed E-state index contributed by atoms with van der Waals surface area (Å²) in [5, 5.41) is 6.78. The van der Waals surface area contributed by atoms with Gasteiger partial charge in [0.05, 0.1) is 11.4 Å². The summed E-state index contributed by atoms with van der Waals surface area (Å²) < 4.78 is 32.1. The number of halogens is 1. The zero-order valence-corrected chi connectivity index (χ0v) is 18.4. The highest BCUT2D eigenvalue weighted by Gasteiger charge is 2.13. The van der Waals surface area contributed by atoms with E-state index in [-0.39, 0.29) is 11.4 Å². The molecule has 160 valence electrons. The molecule has 0 radical (unpaired) electrons. The molecule has 0 bridgehead atoms. The van der Waals surface area contributed by atoms with Gasteiger partial charge >= 0.3 is 0 Å². The third-order valence-electron chi connectivity index (χ3n) is 3.80. The number of methoxy groups -OCH3 is 1. The van der Waals surface area contributed by atoms with Crippen molar-refractivity contribution in [1.29, 1.82) is 0 Å². The molecule has 0 heterocycles. The van der Waals surface area contributed by atoms with Gasteiger partial charge in [-0.3, -0.25) is 4.99 Å². The quantitative estimate of drug-likeness (QED) is 0.245. The van der Waals surface area contributed by atoms with Gasteiger partial charge in [-0.1, -0.05) is 17.7 Å². The summed E-state index contributed by atoms with van der Waals surface area (Å²) in [7, 11) is 0.172. The molecule has 0 saturated heterocycles. The number of nitrogens with one attached hydrogen (secondary N) is 3. The average Bonchev–Trinajstić information content (AvgIpc) is 2.65. The predicted octanol–water partition coefficient (Wildman–Crippen LogP) is 1.14. The van der Waals surface area contributed by atoms with Crippen molar-refractivity contribution in [2.75, 3.05) is 60.0 Å². The minimum Gasteiger partial charge on any atom is -0.385 e. The smallest absolute Gasteiger partial charge is 0.240 e. The van der Waals surface area contributed by atoms with Crippen LogP contribution in [0, 0.1) is 0 Å². The van der Waals surface area contributed by atoms with E-state index in [0.717, 1.165) is 39.2 Å². The molecule has 1 aromatic carbocycles. The Morgan fingerprint density at radius 2 is 2.04 bits per heavy atom. The number of hydrogen-bond donors (Lipinski definition) is 3. The standard InChI is InChI=1S/C18H32ClN5O3S/c1-4-20-18(22-11-13-24(2)12-6-14-27-3)21-9-10-23-28(25,26)17-8-5-7-16(19)15-17/h5,7-8,15,23H,4,6,9-14H2,1-3H3,(H2,20,21,22). The maximum atomic E-state index is 12.2. The molecule has 0 atom stereocenters. The van der Waals surface area contributed by atoms with E-state index in [1.54, 1.807) is 19.2 Å². The van der Waals surface area contributed by atoms with Gasteiger partial charge in [-0.2, -0.15) is 0 Å². The van der Waals surface area contributed by atoms with Crippen molar-refractivity contribution < 1.29 is 13.2 Å². The number of sulfonamides is 1. The van der Waals surface area contributed by atoms with Crippen molar-refractivity contribution in [1.82, 2.24) is 20.3 Å². The number of hydrogen-bond acceptors (Lipinski definition) is 5. The molecule has 0 aliphatic heterocycles. The third-order valence-corrected chi connectivity index (χ3v) is 5.49. The fraction of sp³-hybridized carbons (Fsp3) is 0.611. The molecule has 0 saturated carbocycles. The van der Waals surface area contributed by atoms with Gasteiger partial charge < -0.3 is 20.3 Å². The van der Waals surface area contributed by atoms with Crippen molar-refractivity contribution in [3.8, 4) is 0 Å². The topological polar surface area (TPSA) is 95.1 Å². The van der Waals surface area contributed by atoms with Crippen LogP contribution in [0.2, 0.25) is 5.02 Å². The van der Waals surface area contributed by atoms with E-state index >= 15 is 0 Å². The van der Waals surface area contributed by atoms with Crippen molar-refractivity contribution in [2.45, 2.75) is 18.2 Å². The van der Waals surface area contributed by atoms with Gasteiger partial charge in [0.1, 0.15) is 0 Å². The minimum absolute atomic E-state index is 0.144. The van der Waals surface area contributed by atoms with Crippen LogP contribution in [-0.2, 0) is 14.8 Å². The first kappa shape index (κ1) is 24.6. The number of guanidine groups is 1. The Morgan fingerprint density at radius 3 is 2.71 bits per heavy atom.